The van der Waals surface area contributed by atoms with Gasteiger partial charge in [-0.1, -0.05) is 5.16 Å². The first-order valence-electron chi connectivity index (χ1n) is 6.74. The van der Waals surface area contributed by atoms with Crippen LogP contribution in [0.4, 0.5) is 0 Å². The number of likely N-dealkylation sites (tertiary alicyclic amines) is 1. The van der Waals surface area contributed by atoms with Gasteiger partial charge in [0.15, 0.2) is 5.82 Å². The van der Waals surface area contributed by atoms with Gasteiger partial charge in [-0.05, 0) is 31.4 Å². The van der Waals surface area contributed by atoms with Crippen LogP contribution in [-0.4, -0.2) is 37.9 Å². The molecule has 1 unspecified atom stereocenters. The summed E-state index contributed by atoms with van der Waals surface area (Å²) in [7, 11) is 1.95. The van der Waals surface area contributed by atoms with Gasteiger partial charge in [-0.15, -0.1) is 0 Å². The standard InChI is InChI=1S/C13H19N5O/c1-10-15-13(16-19-10)12-4-3-6-18(12)7-5-11-8-14-17(2)9-11/h8-9,12H,3-7H2,1-2H3. The number of hydrogen-bond donors (Lipinski definition) is 0. The largest absolute Gasteiger partial charge is 0.340 e. The van der Waals surface area contributed by atoms with E-state index >= 15 is 0 Å². The lowest BCUT2D eigenvalue weighted by Gasteiger charge is -2.21. The zero-order valence-electron chi connectivity index (χ0n) is 11.4. The van der Waals surface area contributed by atoms with Crippen molar-refractivity contribution in [1.29, 1.82) is 0 Å². The van der Waals surface area contributed by atoms with Crippen LogP contribution in [0.25, 0.3) is 0 Å². The molecule has 6 heteroatoms. The summed E-state index contributed by atoms with van der Waals surface area (Å²) in [5.41, 5.74) is 1.28. The topological polar surface area (TPSA) is 60.0 Å². The third kappa shape index (κ3) is 2.68. The highest BCUT2D eigenvalue weighted by Crippen LogP contribution is 2.29. The van der Waals surface area contributed by atoms with Crippen molar-refractivity contribution < 1.29 is 4.52 Å². The highest BCUT2D eigenvalue weighted by Gasteiger charge is 2.29. The summed E-state index contributed by atoms with van der Waals surface area (Å²) in [4.78, 5) is 6.81. The molecule has 3 rings (SSSR count). The van der Waals surface area contributed by atoms with Crippen molar-refractivity contribution in [2.45, 2.75) is 32.2 Å². The maximum absolute atomic E-state index is 5.09. The van der Waals surface area contributed by atoms with Crippen LogP contribution in [0, 0.1) is 6.92 Å². The zero-order chi connectivity index (χ0) is 13.2. The average molecular weight is 261 g/mol. The van der Waals surface area contributed by atoms with E-state index in [0.717, 1.165) is 31.8 Å². The van der Waals surface area contributed by atoms with E-state index in [4.69, 9.17) is 4.52 Å². The molecule has 102 valence electrons. The molecule has 2 aromatic heterocycles. The van der Waals surface area contributed by atoms with Crippen molar-refractivity contribution in [3.63, 3.8) is 0 Å². The Morgan fingerprint density at radius 1 is 1.47 bits per heavy atom. The zero-order valence-corrected chi connectivity index (χ0v) is 11.4. The molecule has 1 aliphatic rings. The normalized spacial score (nSPS) is 20.2. The van der Waals surface area contributed by atoms with E-state index in [0.29, 0.717) is 11.9 Å². The first-order chi connectivity index (χ1) is 9.22. The molecule has 1 atom stereocenters. The van der Waals surface area contributed by atoms with E-state index in [1.807, 2.05) is 24.9 Å². The Balaban J connectivity index is 1.63. The smallest absolute Gasteiger partial charge is 0.223 e. The molecule has 19 heavy (non-hydrogen) atoms. The predicted molar refractivity (Wildman–Crippen MR) is 69.5 cm³/mol. The molecule has 1 aliphatic heterocycles. The summed E-state index contributed by atoms with van der Waals surface area (Å²) in [6.07, 6.45) is 7.34. The summed E-state index contributed by atoms with van der Waals surface area (Å²) < 4.78 is 6.94. The van der Waals surface area contributed by atoms with Crippen molar-refractivity contribution in [2.24, 2.45) is 7.05 Å². The Kier molecular flexibility index (Phi) is 3.33. The van der Waals surface area contributed by atoms with E-state index < -0.39 is 0 Å². The third-order valence-corrected chi connectivity index (χ3v) is 3.65. The van der Waals surface area contributed by atoms with Crippen LogP contribution in [0.5, 0.6) is 0 Å². The first-order valence-corrected chi connectivity index (χ1v) is 6.74. The van der Waals surface area contributed by atoms with Crippen LogP contribution in [0.1, 0.15) is 36.2 Å². The summed E-state index contributed by atoms with van der Waals surface area (Å²) in [6, 6.07) is 0.314. The number of rotatable bonds is 4. The molecule has 1 fully saturated rings. The van der Waals surface area contributed by atoms with Crippen molar-refractivity contribution in [1.82, 2.24) is 24.8 Å². The van der Waals surface area contributed by atoms with Gasteiger partial charge in [-0.25, -0.2) is 0 Å². The molecule has 0 radical (unpaired) electrons. The minimum Gasteiger partial charge on any atom is -0.340 e. The third-order valence-electron chi connectivity index (χ3n) is 3.65. The number of aromatic nitrogens is 4. The molecule has 0 aliphatic carbocycles. The number of aryl methyl sites for hydroxylation is 2. The van der Waals surface area contributed by atoms with Gasteiger partial charge in [0.05, 0.1) is 12.2 Å². The average Bonchev–Trinajstić information content (AvgIpc) is 3.07. The SMILES string of the molecule is Cc1nc(C2CCCN2CCc2cnn(C)c2)no1. The summed E-state index contributed by atoms with van der Waals surface area (Å²) in [6.45, 7) is 3.97. The molecule has 0 aromatic carbocycles. The fourth-order valence-electron chi connectivity index (χ4n) is 2.71. The molecule has 0 saturated carbocycles. The lowest BCUT2D eigenvalue weighted by molar-refractivity contribution is 0.245. The van der Waals surface area contributed by atoms with Crippen molar-refractivity contribution in [3.05, 3.63) is 29.7 Å². The maximum Gasteiger partial charge on any atom is 0.223 e. The Hall–Kier alpha value is -1.69. The van der Waals surface area contributed by atoms with Crippen LogP contribution in [0.15, 0.2) is 16.9 Å². The van der Waals surface area contributed by atoms with Crippen LogP contribution >= 0.6 is 0 Å². The summed E-state index contributed by atoms with van der Waals surface area (Å²) in [5, 5.41) is 8.26. The van der Waals surface area contributed by atoms with E-state index in [-0.39, 0.29) is 0 Å². The quantitative estimate of drug-likeness (QED) is 0.834. The second kappa shape index (κ2) is 5.13. The van der Waals surface area contributed by atoms with Gasteiger partial charge in [0.2, 0.25) is 5.89 Å². The van der Waals surface area contributed by atoms with Crippen molar-refractivity contribution >= 4 is 0 Å². The second-order valence-corrected chi connectivity index (χ2v) is 5.14. The molecule has 0 N–H and O–H groups in total. The Labute approximate surface area is 112 Å². The highest BCUT2D eigenvalue weighted by atomic mass is 16.5. The van der Waals surface area contributed by atoms with E-state index in [1.165, 1.54) is 12.0 Å². The summed E-state index contributed by atoms with van der Waals surface area (Å²) in [5.74, 6) is 1.48. The maximum atomic E-state index is 5.09. The minimum atomic E-state index is 0.314. The Bertz CT molecular complexity index is 547. The fourth-order valence-corrected chi connectivity index (χ4v) is 2.71. The molecule has 0 amide bonds. The Morgan fingerprint density at radius 2 is 2.37 bits per heavy atom. The highest BCUT2D eigenvalue weighted by molar-refractivity contribution is 5.05. The molecular weight excluding hydrogens is 242 g/mol. The van der Waals surface area contributed by atoms with E-state index in [2.05, 4.69) is 26.3 Å². The first kappa shape index (κ1) is 12.3. The van der Waals surface area contributed by atoms with Crippen LogP contribution in [0.2, 0.25) is 0 Å². The minimum absolute atomic E-state index is 0.314. The molecule has 2 aromatic rings. The second-order valence-electron chi connectivity index (χ2n) is 5.14. The number of hydrogen-bond acceptors (Lipinski definition) is 5. The lowest BCUT2D eigenvalue weighted by Crippen LogP contribution is -2.26. The van der Waals surface area contributed by atoms with E-state index in [9.17, 15) is 0 Å². The molecule has 0 bridgehead atoms. The molecular formula is C13H19N5O. The van der Waals surface area contributed by atoms with Gasteiger partial charge in [0, 0.05) is 26.7 Å². The van der Waals surface area contributed by atoms with Crippen molar-refractivity contribution in [2.75, 3.05) is 13.1 Å². The van der Waals surface area contributed by atoms with Gasteiger partial charge in [0.25, 0.3) is 0 Å². The van der Waals surface area contributed by atoms with Crippen LogP contribution in [0.3, 0.4) is 0 Å². The van der Waals surface area contributed by atoms with Crippen molar-refractivity contribution in [3.8, 4) is 0 Å². The van der Waals surface area contributed by atoms with Gasteiger partial charge in [-0.3, -0.25) is 9.58 Å². The van der Waals surface area contributed by atoms with Gasteiger partial charge < -0.3 is 4.52 Å². The monoisotopic (exact) mass is 261 g/mol. The molecule has 3 heterocycles. The molecule has 1 saturated heterocycles. The van der Waals surface area contributed by atoms with Gasteiger partial charge >= 0.3 is 0 Å². The van der Waals surface area contributed by atoms with Gasteiger partial charge in [-0.2, -0.15) is 10.1 Å². The number of nitrogens with zero attached hydrogens (tertiary/aromatic N) is 5. The van der Waals surface area contributed by atoms with Crippen LogP contribution in [-0.2, 0) is 13.5 Å². The molecule has 0 spiro atoms. The fraction of sp³-hybridized carbons (Fsp3) is 0.615. The lowest BCUT2D eigenvalue weighted by atomic mass is 10.2. The van der Waals surface area contributed by atoms with Gasteiger partial charge in [0.1, 0.15) is 0 Å². The molecule has 6 nitrogen and oxygen atoms in total. The predicted octanol–water partition coefficient (Wildman–Crippen LogP) is 1.49. The Morgan fingerprint density at radius 3 is 3.05 bits per heavy atom. The van der Waals surface area contributed by atoms with Crippen LogP contribution < -0.4 is 0 Å². The summed E-state index contributed by atoms with van der Waals surface area (Å²) >= 11 is 0. The van der Waals surface area contributed by atoms with E-state index in [1.54, 1.807) is 0 Å².